The van der Waals surface area contributed by atoms with Gasteiger partial charge in [0.25, 0.3) is 17.1 Å². The lowest BCUT2D eigenvalue weighted by molar-refractivity contribution is -0.124. The highest BCUT2D eigenvalue weighted by Gasteiger charge is 2.34. The monoisotopic (exact) mass is 443 g/mol. The van der Waals surface area contributed by atoms with Crippen molar-refractivity contribution in [3.8, 4) is 0 Å². The van der Waals surface area contributed by atoms with E-state index in [0.717, 1.165) is 22.2 Å². The van der Waals surface area contributed by atoms with Crippen LogP contribution < -0.4 is 10.6 Å². The molecule has 0 bridgehead atoms. The first-order valence-electron chi connectivity index (χ1n) is 9.05. The summed E-state index contributed by atoms with van der Waals surface area (Å²) in [5.74, 6) is -1.22. The first kappa shape index (κ1) is 21.6. The summed E-state index contributed by atoms with van der Waals surface area (Å²) in [4.78, 5) is 49.9. The Morgan fingerprint density at radius 2 is 1.70 bits per heavy atom. The molecule has 30 heavy (non-hydrogen) atoms. The molecule has 1 aliphatic rings. The quantitative estimate of drug-likeness (QED) is 0.641. The summed E-state index contributed by atoms with van der Waals surface area (Å²) in [6, 6.07) is 15.5. The zero-order valence-corrected chi connectivity index (χ0v) is 17.3. The van der Waals surface area contributed by atoms with Crippen LogP contribution in [-0.4, -0.2) is 47.5 Å². The Morgan fingerprint density at radius 1 is 1.00 bits per heavy atom. The van der Waals surface area contributed by atoms with Crippen LogP contribution in [0.1, 0.15) is 15.9 Å². The van der Waals surface area contributed by atoms with Crippen molar-refractivity contribution in [3.63, 3.8) is 0 Å². The molecule has 0 spiro atoms. The van der Waals surface area contributed by atoms with E-state index in [2.05, 4.69) is 10.6 Å². The second-order valence-corrected chi connectivity index (χ2v) is 7.71. The standard InChI is InChI=1S/C21H18ClN3O4S/c22-16-8-6-15(7-9-16)19(27)24-13-18(26)23-10-11-25-20(28)17(30-21(25)29)12-14-4-2-1-3-5-14/h1-9,12H,10-11,13H2,(H,23,26)(H,24,27). The molecule has 0 atom stereocenters. The smallest absolute Gasteiger partial charge is 0.293 e. The second kappa shape index (κ2) is 10.1. The van der Waals surface area contributed by atoms with Gasteiger partial charge < -0.3 is 10.6 Å². The summed E-state index contributed by atoms with van der Waals surface area (Å²) in [7, 11) is 0. The molecule has 3 rings (SSSR count). The molecular weight excluding hydrogens is 426 g/mol. The number of carbonyl (C=O) groups excluding carboxylic acids is 4. The molecule has 1 aliphatic heterocycles. The number of thioether (sulfide) groups is 1. The molecule has 0 aromatic heterocycles. The Morgan fingerprint density at radius 3 is 2.40 bits per heavy atom. The molecule has 9 heteroatoms. The van der Waals surface area contributed by atoms with E-state index >= 15 is 0 Å². The predicted octanol–water partition coefficient (Wildman–Crippen LogP) is 2.92. The summed E-state index contributed by atoms with van der Waals surface area (Å²) >= 11 is 6.64. The fourth-order valence-corrected chi connectivity index (χ4v) is 3.62. The van der Waals surface area contributed by atoms with E-state index in [-0.39, 0.29) is 30.8 Å². The summed E-state index contributed by atoms with van der Waals surface area (Å²) in [5.41, 5.74) is 1.21. The maximum Gasteiger partial charge on any atom is 0.293 e. The van der Waals surface area contributed by atoms with Gasteiger partial charge in [0, 0.05) is 23.7 Å². The summed E-state index contributed by atoms with van der Waals surface area (Å²) in [5, 5.41) is 5.20. The highest BCUT2D eigenvalue weighted by Crippen LogP contribution is 2.31. The number of nitrogens with one attached hydrogen (secondary N) is 2. The molecule has 7 nitrogen and oxygen atoms in total. The van der Waals surface area contributed by atoms with Crippen LogP contribution in [-0.2, 0) is 9.59 Å². The number of rotatable bonds is 7. The van der Waals surface area contributed by atoms with E-state index in [4.69, 9.17) is 11.6 Å². The van der Waals surface area contributed by atoms with Crippen LogP contribution in [0, 0.1) is 0 Å². The van der Waals surface area contributed by atoms with Gasteiger partial charge in [-0.2, -0.15) is 0 Å². The topological polar surface area (TPSA) is 95.6 Å². The van der Waals surface area contributed by atoms with Crippen LogP contribution in [0.4, 0.5) is 4.79 Å². The Labute approximate surface area is 182 Å². The van der Waals surface area contributed by atoms with Crippen LogP contribution in [0.5, 0.6) is 0 Å². The van der Waals surface area contributed by atoms with E-state index in [9.17, 15) is 19.2 Å². The molecule has 1 fully saturated rings. The minimum atomic E-state index is -0.427. The van der Waals surface area contributed by atoms with Gasteiger partial charge in [0.1, 0.15) is 0 Å². The molecule has 0 unspecified atom stereocenters. The van der Waals surface area contributed by atoms with Crippen LogP contribution in [0.2, 0.25) is 5.02 Å². The van der Waals surface area contributed by atoms with Gasteiger partial charge in [-0.05, 0) is 47.7 Å². The number of hydrogen-bond donors (Lipinski definition) is 2. The molecule has 4 amide bonds. The van der Waals surface area contributed by atoms with Crippen LogP contribution in [0.3, 0.4) is 0 Å². The molecule has 154 valence electrons. The van der Waals surface area contributed by atoms with E-state index < -0.39 is 11.8 Å². The van der Waals surface area contributed by atoms with Crippen LogP contribution >= 0.6 is 23.4 Å². The zero-order chi connectivity index (χ0) is 21.5. The van der Waals surface area contributed by atoms with E-state index in [1.165, 1.54) is 0 Å². The van der Waals surface area contributed by atoms with Gasteiger partial charge in [0.15, 0.2) is 0 Å². The van der Waals surface area contributed by atoms with Crippen molar-refractivity contribution in [1.82, 2.24) is 15.5 Å². The summed E-state index contributed by atoms with van der Waals surface area (Å²) in [6.07, 6.45) is 1.66. The molecule has 0 aliphatic carbocycles. The van der Waals surface area contributed by atoms with Gasteiger partial charge in [0.05, 0.1) is 11.4 Å². The SMILES string of the molecule is O=C(CNC(=O)c1ccc(Cl)cc1)NCCN1C(=O)SC(=Cc2ccccc2)C1=O. The Bertz CT molecular complexity index is 993. The Balaban J connectivity index is 1.44. The third-order valence-corrected chi connectivity index (χ3v) is 5.30. The summed E-state index contributed by atoms with van der Waals surface area (Å²) in [6.45, 7) is -0.0861. The third-order valence-electron chi connectivity index (χ3n) is 4.14. The molecule has 0 saturated carbocycles. The molecule has 2 N–H and O–H groups in total. The third kappa shape index (κ3) is 5.71. The van der Waals surface area contributed by atoms with Crippen LogP contribution in [0.15, 0.2) is 59.5 Å². The van der Waals surface area contributed by atoms with Gasteiger partial charge in [-0.3, -0.25) is 24.1 Å². The second-order valence-electron chi connectivity index (χ2n) is 6.28. The lowest BCUT2D eigenvalue weighted by atomic mass is 10.2. The fourth-order valence-electron chi connectivity index (χ4n) is 2.63. The molecule has 2 aromatic carbocycles. The molecule has 0 radical (unpaired) electrons. The summed E-state index contributed by atoms with van der Waals surface area (Å²) < 4.78 is 0. The van der Waals surface area contributed by atoms with Gasteiger partial charge in [-0.25, -0.2) is 0 Å². The highest BCUT2D eigenvalue weighted by atomic mass is 35.5. The number of halogens is 1. The van der Waals surface area contributed by atoms with E-state index in [0.29, 0.717) is 15.5 Å². The predicted molar refractivity (Wildman–Crippen MR) is 116 cm³/mol. The number of carbonyl (C=O) groups is 4. The lowest BCUT2D eigenvalue weighted by Gasteiger charge is -2.13. The van der Waals surface area contributed by atoms with Gasteiger partial charge in [-0.1, -0.05) is 41.9 Å². The number of benzene rings is 2. The van der Waals surface area contributed by atoms with Crippen molar-refractivity contribution in [2.24, 2.45) is 0 Å². The maximum absolute atomic E-state index is 12.4. The van der Waals surface area contributed by atoms with Crippen molar-refractivity contribution in [3.05, 3.63) is 75.7 Å². The number of amides is 4. The molecule has 2 aromatic rings. The molecule has 1 saturated heterocycles. The van der Waals surface area contributed by atoms with Gasteiger partial charge >= 0.3 is 0 Å². The van der Waals surface area contributed by atoms with E-state index in [1.54, 1.807) is 30.3 Å². The average molecular weight is 444 g/mol. The van der Waals surface area contributed by atoms with Crippen molar-refractivity contribution < 1.29 is 19.2 Å². The number of hydrogen-bond acceptors (Lipinski definition) is 5. The van der Waals surface area contributed by atoms with Crippen molar-refractivity contribution in [1.29, 1.82) is 0 Å². The Kier molecular flexibility index (Phi) is 7.26. The molecular formula is C21H18ClN3O4S. The minimum absolute atomic E-state index is 0.0493. The van der Waals surface area contributed by atoms with Crippen molar-refractivity contribution in [2.45, 2.75) is 0 Å². The largest absolute Gasteiger partial charge is 0.353 e. The average Bonchev–Trinajstić information content (AvgIpc) is 3.00. The lowest BCUT2D eigenvalue weighted by Crippen LogP contribution is -2.41. The van der Waals surface area contributed by atoms with Crippen molar-refractivity contribution in [2.75, 3.05) is 19.6 Å². The molecule has 1 heterocycles. The minimum Gasteiger partial charge on any atom is -0.353 e. The number of imide groups is 1. The highest BCUT2D eigenvalue weighted by molar-refractivity contribution is 8.18. The first-order chi connectivity index (χ1) is 14.4. The fraction of sp³-hybridized carbons (Fsp3) is 0.143. The van der Waals surface area contributed by atoms with Gasteiger partial charge in [-0.15, -0.1) is 0 Å². The van der Waals surface area contributed by atoms with Crippen LogP contribution in [0.25, 0.3) is 6.08 Å². The maximum atomic E-state index is 12.4. The van der Waals surface area contributed by atoms with Gasteiger partial charge in [0.2, 0.25) is 5.91 Å². The van der Waals surface area contributed by atoms with E-state index in [1.807, 2.05) is 30.3 Å². The normalized spacial score (nSPS) is 14.8. The van der Waals surface area contributed by atoms with Crippen molar-refractivity contribution >= 4 is 52.4 Å². The Hall–Kier alpha value is -3.10. The first-order valence-corrected chi connectivity index (χ1v) is 10.2. The zero-order valence-electron chi connectivity index (χ0n) is 15.8. The number of nitrogens with zero attached hydrogens (tertiary/aromatic N) is 1.